The van der Waals surface area contributed by atoms with Crippen LogP contribution in [0.1, 0.15) is 0 Å². The Morgan fingerprint density at radius 1 is 0.213 bits per heavy atom. The normalized spacial score (nSPS) is 11.3. The van der Waals surface area contributed by atoms with E-state index in [2.05, 4.69) is 254 Å². The Balaban J connectivity index is 1.12. The van der Waals surface area contributed by atoms with Gasteiger partial charge in [-0.1, -0.05) is 212 Å². The molecule has 0 aliphatic rings. The summed E-state index contributed by atoms with van der Waals surface area (Å²) >= 11 is 0. The molecule has 0 aromatic heterocycles. The lowest BCUT2D eigenvalue weighted by Gasteiger charge is -2.29. The summed E-state index contributed by atoms with van der Waals surface area (Å²) < 4.78 is 0. The van der Waals surface area contributed by atoms with Gasteiger partial charge in [0.15, 0.2) is 0 Å². The smallest absolute Gasteiger partial charge is 0.0546 e. The fourth-order valence-electron chi connectivity index (χ4n) is 9.06. The Labute approximate surface area is 357 Å². The Kier molecular flexibility index (Phi) is 9.26. The van der Waals surface area contributed by atoms with E-state index in [1.165, 1.54) is 88.0 Å². The molecule has 0 spiro atoms. The molecule has 0 fully saturated rings. The predicted molar refractivity (Wildman–Crippen MR) is 261 cm³/mol. The van der Waals surface area contributed by atoms with E-state index in [0.717, 1.165) is 17.1 Å². The van der Waals surface area contributed by atoms with Crippen LogP contribution in [0, 0.1) is 0 Å². The minimum absolute atomic E-state index is 1.08. The first-order chi connectivity index (χ1) is 30.2. The number of anilines is 3. The number of benzene rings is 11. The third-order valence-electron chi connectivity index (χ3n) is 12.1. The van der Waals surface area contributed by atoms with Gasteiger partial charge in [0.25, 0.3) is 0 Å². The number of hydrogen-bond acceptors (Lipinski definition) is 1. The minimum atomic E-state index is 1.08. The zero-order chi connectivity index (χ0) is 40.5. The van der Waals surface area contributed by atoms with Crippen LogP contribution in [0.3, 0.4) is 0 Å². The first-order valence-corrected chi connectivity index (χ1v) is 21.0. The molecule has 0 amide bonds. The second kappa shape index (κ2) is 15.6. The fraction of sp³-hybridized carbons (Fsp3) is 0. The van der Waals surface area contributed by atoms with Crippen LogP contribution in [0.25, 0.3) is 88.0 Å². The highest BCUT2D eigenvalue weighted by Crippen LogP contribution is 2.46. The van der Waals surface area contributed by atoms with Crippen LogP contribution in [0.2, 0.25) is 0 Å². The van der Waals surface area contributed by atoms with Crippen LogP contribution < -0.4 is 4.90 Å². The van der Waals surface area contributed by atoms with Crippen molar-refractivity contribution in [1.82, 2.24) is 0 Å². The van der Waals surface area contributed by atoms with E-state index in [0.29, 0.717) is 0 Å². The lowest BCUT2D eigenvalue weighted by atomic mass is 9.92. The van der Waals surface area contributed by atoms with Crippen molar-refractivity contribution in [1.29, 1.82) is 0 Å². The monoisotopic (exact) mass is 775 g/mol. The maximum Gasteiger partial charge on any atom is 0.0546 e. The van der Waals surface area contributed by atoms with E-state index in [9.17, 15) is 0 Å². The van der Waals surface area contributed by atoms with Gasteiger partial charge in [-0.3, -0.25) is 0 Å². The van der Waals surface area contributed by atoms with Gasteiger partial charge in [-0.2, -0.15) is 0 Å². The molecule has 0 aliphatic heterocycles. The highest BCUT2D eigenvalue weighted by Gasteiger charge is 2.21. The summed E-state index contributed by atoms with van der Waals surface area (Å²) in [5.41, 5.74) is 15.2. The molecule has 11 rings (SSSR count). The van der Waals surface area contributed by atoms with Crippen LogP contribution in [0.5, 0.6) is 0 Å². The van der Waals surface area contributed by atoms with E-state index < -0.39 is 0 Å². The van der Waals surface area contributed by atoms with Crippen LogP contribution >= 0.6 is 0 Å². The SMILES string of the molecule is c1ccc(-c2cccc(-c3ccc(N(c4ccc(-c5cccc6ccccc56)cc4)c4cc(-c5cccc6ccccc56)ccc4-c4cccc5ccccc45)cc3)c2)cc1. The lowest BCUT2D eigenvalue weighted by Crippen LogP contribution is -2.11. The van der Waals surface area contributed by atoms with Crippen LogP contribution in [0.4, 0.5) is 17.1 Å². The van der Waals surface area contributed by atoms with E-state index in [-0.39, 0.29) is 0 Å². The predicted octanol–water partition coefficient (Wildman–Crippen LogP) is 17.0. The Hall–Kier alpha value is -8.00. The van der Waals surface area contributed by atoms with Gasteiger partial charge in [-0.05, 0) is 119 Å². The highest BCUT2D eigenvalue weighted by atomic mass is 15.1. The molecule has 0 saturated carbocycles. The van der Waals surface area contributed by atoms with E-state index >= 15 is 0 Å². The summed E-state index contributed by atoms with van der Waals surface area (Å²) in [6, 6.07) is 90.6. The molecular weight excluding hydrogens is 735 g/mol. The molecule has 0 radical (unpaired) electrons. The van der Waals surface area contributed by atoms with Crippen molar-refractivity contribution in [3.05, 3.63) is 249 Å². The second-order valence-corrected chi connectivity index (χ2v) is 15.7. The maximum absolute atomic E-state index is 2.45. The van der Waals surface area contributed by atoms with E-state index in [1.54, 1.807) is 0 Å². The van der Waals surface area contributed by atoms with Crippen molar-refractivity contribution in [3.8, 4) is 55.6 Å². The molecule has 0 atom stereocenters. The van der Waals surface area contributed by atoms with Gasteiger partial charge in [0, 0.05) is 16.9 Å². The second-order valence-electron chi connectivity index (χ2n) is 15.7. The topological polar surface area (TPSA) is 3.24 Å². The lowest BCUT2D eigenvalue weighted by molar-refractivity contribution is 1.28. The molecule has 11 aromatic rings. The van der Waals surface area contributed by atoms with Crippen molar-refractivity contribution >= 4 is 49.4 Å². The third-order valence-corrected chi connectivity index (χ3v) is 12.1. The summed E-state index contributed by atoms with van der Waals surface area (Å²) in [7, 11) is 0. The summed E-state index contributed by atoms with van der Waals surface area (Å²) in [6.45, 7) is 0. The first-order valence-electron chi connectivity index (χ1n) is 21.0. The maximum atomic E-state index is 2.45. The quantitative estimate of drug-likeness (QED) is 0.149. The average molecular weight is 776 g/mol. The van der Waals surface area contributed by atoms with Crippen LogP contribution in [0.15, 0.2) is 249 Å². The van der Waals surface area contributed by atoms with Gasteiger partial charge in [0.05, 0.1) is 5.69 Å². The number of fused-ring (bicyclic) bond motifs is 3. The number of hydrogen-bond donors (Lipinski definition) is 0. The average Bonchev–Trinajstić information content (AvgIpc) is 3.34. The molecule has 0 saturated heterocycles. The molecular formula is C60H41N. The molecule has 0 N–H and O–H groups in total. The Morgan fingerprint density at radius 3 is 1.18 bits per heavy atom. The van der Waals surface area contributed by atoms with Crippen molar-refractivity contribution in [2.75, 3.05) is 4.90 Å². The van der Waals surface area contributed by atoms with Crippen LogP contribution in [-0.4, -0.2) is 0 Å². The molecule has 286 valence electrons. The van der Waals surface area contributed by atoms with E-state index in [4.69, 9.17) is 0 Å². The summed E-state index contributed by atoms with van der Waals surface area (Å²) in [5, 5.41) is 7.41. The fourth-order valence-corrected chi connectivity index (χ4v) is 9.06. The number of nitrogens with zero attached hydrogens (tertiary/aromatic N) is 1. The number of rotatable bonds is 8. The molecule has 0 unspecified atom stereocenters. The molecule has 0 heterocycles. The zero-order valence-corrected chi connectivity index (χ0v) is 33.6. The summed E-state index contributed by atoms with van der Waals surface area (Å²) in [4.78, 5) is 2.45. The largest absolute Gasteiger partial charge is 0.310 e. The van der Waals surface area contributed by atoms with E-state index in [1.807, 2.05) is 0 Å². The van der Waals surface area contributed by atoms with Gasteiger partial charge in [-0.25, -0.2) is 0 Å². The summed E-state index contributed by atoms with van der Waals surface area (Å²) in [6.07, 6.45) is 0. The van der Waals surface area contributed by atoms with Gasteiger partial charge >= 0.3 is 0 Å². The van der Waals surface area contributed by atoms with Crippen molar-refractivity contribution in [2.45, 2.75) is 0 Å². The molecule has 0 bridgehead atoms. The molecule has 1 heteroatoms. The Bertz CT molecular complexity index is 3330. The third kappa shape index (κ3) is 6.83. The van der Waals surface area contributed by atoms with Gasteiger partial charge < -0.3 is 4.90 Å². The molecule has 61 heavy (non-hydrogen) atoms. The van der Waals surface area contributed by atoms with Gasteiger partial charge in [0.1, 0.15) is 0 Å². The van der Waals surface area contributed by atoms with Gasteiger partial charge in [-0.15, -0.1) is 0 Å². The van der Waals surface area contributed by atoms with Crippen LogP contribution in [-0.2, 0) is 0 Å². The van der Waals surface area contributed by atoms with Gasteiger partial charge in [0.2, 0.25) is 0 Å². The molecule has 1 nitrogen and oxygen atoms in total. The standard InChI is InChI=1S/C60H41N/c1-2-14-42(15-3-1)48-22-10-23-49(40-48)43-30-35-51(36-31-43)61(52-37-32-47(33-38-52)55-27-11-19-44-16-4-7-24-53(44)55)60-41-50(57-28-12-20-45-17-5-8-25-54(45)57)34-39-59(60)58-29-13-21-46-18-6-9-26-56(46)58/h1-41H. The minimum Gasteiger partial charge on any atom is -0.310 e. The van der Waals surface area contributed by atoms with Crippen molar-refractivity contribution in [2.24, 2.45) is 0 Å². The zero-order valence-electron chi connectivity index (χ0n) is 33.6. The summed E-state index contributed by atoms with van der Waals surface area (Å²) in [5.74, 6) is 0. The highest BCUT2D eigenvalue weighted by molar-refractivity contribution is 6.04. The molecule has 11 aromatic carbocycles. The Morgan fingerprint density at radius 2 is 0.607 bits per heavy atom. The van der Waals surface area contributed by atoms with Crippen molar-refractivity contribution < 1.29 is 0 Å². The van der Waals surface area contributed by atoms with Crippen molar-refractivity contribution in [3.63, 3.8) is 0 Å². The molecule has 0 aliphatic carbocycles. The first kappa shape index (κ1) is 36.1.